The molecule has 3 rings (SSSR count). The van der Waals surface area contributed by atoms with Crippen molar-refractivity contribution in [1.29, 1.82) is 0 Å². The second kappa shape index (κ2) is 12.8. The van der Waals surface area contributed by atoms with Crippen molar-refractivity contribution < 1.29 is 23.4 Å². The fourth-order valence-corrected chi connectivity index (χ4v) is 3.32. The van der Waals surface area contributed by atoms with E-state index in [1.807, 2.05) is 49.4 Å². The van der Waals surface area contributed by atoms with E-state index in [-0.39, 0.29) is 24.1 Å². The number of nitrogens with one attached hydrogen (secondary N) is 1. The van der Waals surface area contributed by atoms with Crippen LogP contribution in [0.2, 0.25) is 0 Å². The zero-order valence-corrected chi connectivity index (χ0v) is 18.6. The minimum atomic E-state index is -2.36. The number of carbonyl (C=O) groups is 1. The van der Waals surface area contributed by atoms with Crippen LogP contribution in [-0.2, 0) is 17.7 Å². The van der Waals surface area contributed by atoms with E-state index in [0.29, 0.717) is 13.1 Å². The van der Waals surface area contributed by atoms with Crippen molar-refractivity contribution in [1.82, 2.24) is 5.32 Å². The van der Waals surface area contributed by atoms with Crippen molar-refractivity contribution in [2.75, 3.05) is 20.2 Å². The van der Waals surface area contributed by atoms with Gasteiger partial charge in [-0.2, -0.15) is 0 Å². The summed E-state index contributed by atoms with van der Waals surface area (Å²) in [6.07, 6.45) is 1.15. The van der Waals surface area contributed by atoms with E-state index < -0.39 is 17.4 Å². The number of methoxy groups -OCH3 is 1. The van der Waals surface area contributed by atoms with E-state index in [2.05, 4.69) is 10.5 Å². The minimum absolute atomic E-state index is 0. The monoisotopic (exact) mass is 455 g/mol. The molecular formula is C21H28ClN2O5S-. The molecular weight excluding hydrogens is 428 g/mol. The summed E-state index contributed by atoms with van der Waals surface area (Å²) in [7, 11) is 1.64. The van der Waals surface area contributed by atoms with Crippen LogP contribution in [0.15, 0.2) is 42.5 Å². The zero-order chi connectivity index (χ0) is 21.4. The molecule has 3 unspecified atom stereocenters. The Morgan fingerprint density at radius 2 is 1.93 bits per heavy atom. The highest BCUT2D eigenvalue weighted by Crippen LogP contribution is 2.28. The molecule has 166 valence electrons. The average Bonchev–Trinajstić information content (AvgIpc) is 2.69. The van der Waals surface area contributed by atoms with Gasteiger partial charge in [0, 0.05) is 35.8 Å². The summed E-state index contributed by atoms with van der Waals surface area (Å²) in [5, 5.41) is 17.5. The predicted molar refractivity (Wildman–Crippen MR) is 118 cm³/mol. The van der Waals surface area contributed by atoms with Crippen LogP contribution >= 0.6 is 12.4 Å². The molecule has 4 N–H and O–H groups in total. The number of rotatable bonds is 6. The first-order chi connectivity index (χ1) is 13.8. The number of aliphatic hydroxyl groups excluding tert-OH is 1. The Hall–Kier alpha value is -1.81. The van der Waals surface area contributed by atoms with Crippen LogP contribution in [0.1, 0.15) is 39.6 Å². The molecule has 0 spiro atoms. The standard InChI is InChI=1S/C21H25NO3.ClH.H3NO2S/c1-14-3-5-15(6-4-14)20(23)13-22-12-17-8-7-16-11-18(25-2)9-10-19(16)21(17)24;;1-4(2)3/h3-6,9-11,17,20,22-23H,7-8,12-13H2,1-2H3;1H;1H2,(H,2,3)/p-1. The first-order valence-corrected chi connectivity index (χ1v) is 10.5. The molecule has 30 heavy (non-hydrogen) atoms. The third-order valence-corrected chi connectivity index (χ3v) is 4.90. The van der Waals surface area contributed by atoms with Crippen molar-refractivity contribution in [2.24, 2.45) is 11.1 Å². The molecule has 0 amide bonds. The van der Waals surface area contributed by atoms with Gasteiger partial charge in [0.1, 0.15) is 5.75 Å². The zero-order valence-electron chi connectivity index (χ0n) is 17.0. The van der Waals surface area contributed by atoms with E-state index in [1.54, 1.807) is 7.11 Å². The number of aryl methyl sites for hydroxylation is 2. The number of nitrogens with two attached hydrogens (primary N) is 1. The number of Topliss-reactive ketones (excluding diaryl/α,β-unsaturated/α-hetero) is 1. The Morgan fingerprint density at radius 3 is 2.53 bits per heavy atom. The molecule has 7 nitrogen and oxygen atoms in total. The van der Waals surface area contributed by atoms with Gasteiger partial charge in [0.2, 0.25) is 0 Å². The normalized spacial score (nSPS) is 17.0. The van der Waals surface area contributed by atoms with E-state index >= 15 is 0 Å². The van der Waals surface area contributed by atoms with Gasteiger partial charge < -0.3 is 19.7 Å². The van der Waals surface area contributed by atoms with Crippen molar-refractivity contribution in [2.45, 2.75) is 25.9 Å². The Balaban J connectivity index is 0.000000827. The average molecular weight is 456 g/mol. The van der Waals surface area contributed by atoms with Gasteiger partial charge in [0.15, 0.2) is 5.78 Å². The number of ether oxygens (including phenoxy) is 1. The number of halogens is 1. The Kier molecular flexibility index (Phi) is 11.2. The van der Waals surface area contributed by atoms with Crippen molar-refractivity contribution in [3.8, 4) is 5.75 Å². The number of hydrogen-bond donors (Lipinski definition) is 3. The molecule has 2 aromatic carbocycles. The first kappa shape index (κ1) is 26.2. The number of ketones is 1. The quantitative estimate of drug-likeness (QED) is 0.573. The number of benzene rings is 2. The summed E-state index contributed by atoms with van der Waals surface area (Å²) in [5.41, 5.74) is 3.94. The van der Waals surface area contributed by atoms with Crippen LogP contribution in [0.3, 0.4) is 0 Å². The molecule has 0 aromatic heterocycles. The molecule has 0 bridgehead atoms. The molecule has 2 aromatic rings. The Morgan fingerprint density at radius 1 is 1.30 bits per heavy atom. The van der Waals surface area contributed by atoms with Crippen molar-refractivity contribution >= 4 is 29.5 Å². The number of carbonyl (C=O) groups excluding carboxylic acids is 1. The van der Waals surface area contributed by atoms with Gasteiger partial charge in [-0.15, -0.1) is 12.4 Å². The van der Waals surface area contributed by atoms with Crippen LogP contribution in [0.5, 0.6) is 5.75 Å². The number of fused-ring (bicyclic) bond motifs is 1. The maximum atomic E-state index is 12.7. The van der Waals surface area contributed by atoms with E-state index in [1.165, 1.54) is 5.56 Å². The smallest absolute Gasteiger partial charge is 0.167 e. The summed E-state index contributed by atoms with van der Waals surface area (Å²) in [5.74, 6) is 0.941. The Bertz CT molecular complexity index is 844. The SMILES string of the molecule is COc1ccc2c(c1)CCC(CNCC(O)c1ccc(C)cc1)C2=O.Cl.NS(=O)[O-]. The second-order valence-corrected chi connectivity index (χ2v) is 7.49. The molecule has 3 atom stereocenters. The van der Waals surface area contributed by atoms with E-state index in [4.69, 9.17) is 13.5 Å². The van der Waals surface area contributed by atoms with Gasteiger partial charge in [-0.3, -0.25) is 14.1 Å². The summed E-state index contributed by atoms with van der Waals surface area (Å²) in [6, 6.07) is 13.5. The Labute approximate surface area is 185 Å². The maximum Gasteiger partial charge on any atom is 0.167 e. The molecule has 0 heterocycles. The maximum absolute atomic E-state index is 12.7. The molecule has 0 aliphatic heterocycles. The largest absolute Gasteiger partial charge is 0.760 e. The molecule has 1 aliphatic rings. The van der Waals surface area contributed by atoms with Crippen LogP contribution in [-0.4, -0.2) is 39.9 Å². The van der Waals surface area contributed by atoms with Gasteiger partial charge in [-0.05, 0) is 49.1 Å². The van der Waals surface area contributed by atoms with Crippen LogP contribution in [0.4, 0.5) is 0 Å². The topological polar surface area (TPSA) is 125 Å². The number of aliphatic hydroxyl groups is 1. The van der Waals surface area contributed by atoms with Crippen molar-refractivity contribution in [3.05, 3.63) is 64.7 Å². The summed E-state index contributed by atoms with van der Waals surface area (Å²) in [6.45, 7) is 3.06. The van der Waals surface area contributed by atoms with Gasteiger partial charge in [0.25, 0.3) is 0 Å². The highest BCUT2D eigenvalue weighted by Gasteiger charge is 2.27. The van der Waals surface area contributed by atoms with Crippen LogP contribution in [0, 0.1) is 12.8 Å². The predicted octanol–water partition coefficient (Wildman–Crippen LogP) is 2.23. The number of hydrogen-bond acceptors (Lipinski definition) is 6. The summed E-state index contributed by atoms with van der Waals surface area (Å²) in [4.78, 5) is 12.7. The van der Waals surface area contributed by atoms with Gasteiger partial charge in [0.05, 0.1) is 13.2 Å². The molecule has 9 heteroatoms. The van der Waals surface area contributed by atoms with Crippen LogP contribution < -0.4 is 15.2 Å². The van der Waals surface area contributed by atoms with E-state index in [9.17, 15) is 9.90 Å². The lowest BCUT2D eigenvalue weighted by Crippen LogP contribution is -2.34. The second-order valence-electron chi connectivity index (χ2n) is 6.97. The van der Waals surface area contributed by atoms with Gasteiger partial charge in [-0.1, -0.05) is 29.8 Å². The molecule has 0 saturated carbocycles. The minimum Gasteiger partial charge on any atom is -0.760 e. The highest BCUT2D eigenvalue weighted by atomic mass is 35.5. The van der Waals surface area contributed by atoms with Gasteiger partial charge >= 0.3 is 0 Å². The molecule has 0 saturated heterocycles. The third-order valence-electron chi connectivity index (χ3n) is 4.90. The summed E-state index contributed by atoms with van der Waals surface area (Å²) < 4.78 is 22.8. The lowest BCUT2D eigenvalue weighted by atomic mass is 9.82. The fourth-order valence-electron chi connectivity index (χ4n) is 3.32. The molecule has 0 radical (unpaired) electrons. The fraction of sp³-hybridized carbons (Fsp3) is 0.381. The lowest BCUT2D eigenvalue weighted by molar-refractivity contribution is 0.0894. The first-order valence-electron chi connectivity index (χ1n) is 9.32. The highest BCUT2D eigenvalue weighted by molar-refractivity contribution is 7.76. The van der Waals surface area contributed by atoms with E-state index in [0.717, 1.165) is 35.3 Å². The van der Waals surface area contributed by atoms with Crippen LogP contribution in [0.25, 0.3) is 0 Å². The lowest BCUT2D eigenvalue weighted by Gasteiger charge is -2.24. The summed E-state index contributed by atoms with van der Waals surface area (Å²) >= 11 is -2.36. The molecule has 1 aliphatic carbocycles. The molecule has 0 fully saturated rings. The third kappa shape index (κ3) is 7.79. The van der Waals surface area contributed by atoms with Gasteiger partial charge in [-0.25, -0.2) is 0 Å². The van der Waals surface area contributed by atoms with Crippen molar-refractivity contribution in [3.63, 3.8) is 0 Å².